The molecule has 108 valence electrons. The molecule has 1 rings (SSSR count). The number of aliphatic hydroxyl groups excluding tert-OH is 1. The Kier molecular flexibility index (Phi) is 5.31. The van der Waals surface area contributed by atoms with Crippen molar-refractivity contribution in [3.05, 3.63) is 11.8 Å². The molecule has 1 aromatic heterocycles. The van der Waals surface area contributed by atoms with E-state index in [4.69, 9.17) is 15.6 Å². The molecule has 0 bridgehead atoms. The van der Waals surface area contributed by atoms with Gasteiger partial charge in [-0.1, -0.05) is 0 Å². The summed E-state index contributed by atoms with van der Waals surface area (Å²) in [7, 11) is 1.45. The molecule has 0 aromatic carbocycles. The van der Waals surface area contributed by atoms with E-state index in [1.165, 1.54) is 7.11 Å². The van der Waals surface area contributed by atoms with Gasteiger partial charge in [-0.2, -0.15) is 18.2 Å². The molecule has 0 aliphatic heterocycles. The summed E-state index contributed by atoms with van der Waals surface area (Å²) >= 11 is 0. The van der Waals surface area contributed by atoms with Gasteiger partial charge in [0.15, 0.2) is 5.69 Å². The van der Waals surface area contributed by atoms with E-state index < -0.39 is 17.8 Å². The van der Waals surface area contributed by atoms with Crippen molar-refractivity contribution in [1.29, 1.82) is 0 Å². The van der Waals surface area contributed by atoms with Gasteiger partial charge in [-0.25, -0.2) is 4.98 Å². The monoisotopic (exact) mass is 280 g/mol. The number of halogens is 3. The average molecular weight is 280 g/mol. The first-order valence-electron chi connectivity index (χ1n) is 5.45. The Balaban J connectivity index is 2.90. The maximum atomic E-state index is 12.5. The second-order valence-electron chi connectivity index (χ2n) is 3.80. The summed E-state index contributed by atoms with van der Waals surface area (Å²) < 4.78 is 42.5. The van der Waals surface area contributed by atoms with E-state index >= 15 is 0 Å². The lowest BCUT2D eigenvalue weighted by Gasteiger charge is -2.18. The van der Waals surface area contributed by atoms with Crippen LogP contribution in [0.4, 0.5) is 24.9 Å². The third kappa shape index (κ3) is 4.87. The smallest absolute Gasteiger partial charge is 0.396 e. The van der Waals surface area contributed by atoms with E-state index in [0.717, 1.165) is 6.07 Å². The van der Waals surface area contributed by atoms with Crippen molar-refractivity contribution in [3.63, 3.8) is 0 Å². The summed E-state index contributed by atoms with van der Waals surface area (Å²) in [5, 5.41) is 11.6. The Labute approximate surface area is 107 Å². The molecule has 0 aliphatic carbocycles. The van der Waals surface area contributed by atoms with E-state index in [2.05, 4.69) is 15.3 Å². The van der Waals surface area contributed by atoms with Crippen molar-refractivity contribution in [2.75, 3.05) is 31.4 Å². The zero-order valence-corrected chi connectivity index (χ0v) is 10.2. The number of nitrogen functional groups attached to an aromatic ring is 1. The van der Waals surface area contributed by atoms with Crippen LogP contribution in [0, 0.1) is 0 Å². The molecule has 9 heteroatoms. The highest BCUT2D eigenvalue weighted by molar-refractivity contribution is 5.42. The molecule has 0 radical (unpaired) electrons. The van der Waals surface area contributed by atoms with E-state index in [1.54, 1.807) is 0 Å². The first kappa shape index (κ1) is 15.4. The van der Waals surface area contributed by atoms with E-state index in [1.807, 2.05) is 0 Å². The zero-order valence-electron chi connectivity index (χ0n) is 10.2. The standard InChI is InChI=1S/C10H15F3N4O2/c1-19-5-6(2-3-18)15-8-4-7(10(11,12)13)16-9(14)17-8/h4,6,18H,2-3,5H2,1H3,(H3,14,15,16,17). The van der Waals surface area contributed by atoms with Crippen LogP contribution < -0.4 is 11.1 Å². The van der Waals surface area contributed by atoms with Crippen molar-refractivity contribution < 1.29 is 23.0 Å². The molecule has 0 spiro atoms. The summed E-state index contributed by atoms with van der Waals surface area (Å²) in [6.07, 6.45) is -4.29. The van der Waals surface area contributed by atoms with Crippen molar-refractivity contribution in [3.8, 4) is 0 Å². The molecule has 6 nitrogen and oxygen atoms in total. The molecular weight excluding hydrogens is 265 g/mol. The van der Waals surface area contributed by atoms with Crippen LogP contribution in [0.3, 0.4) is 0 Å². The van der Waals surface area contributed by atoms with Crippen molar-refractivity contribution in [1.82, 2.24) is 9.97 Å². The van der Waals surface area contributed by atoms with E-state index in [-0.39, 0.29) is 25.1 Å². The third-order valence-corrected chi connectivity index (χ3v) is 2.23. The Hall–Kier alpha value is -1.61. The average Bonchev–Trinajstić information content (AvgIpc) is 2.27. The summed E-state index contributed by atoms with van der Waals surface area (Å²) in [6.45, 7) is 0.0829. The molecule has 0 fully saturated rings. The lowest BCUT2D eigenvalue weighted by Crippen LogP contribution is -2.27. The van der Waals surface area contributed by atoms with Gasteiger partial charge >= 0.3 is 6.18 Å². The number of nitrogens with one attached hydrogen (secondary N) is 1. The molecule has 0 amide bonds. The number of nitrogens with zero attached hydrogens (tertiary/aromatic N) is 2. The lowest BCUT2D eigenvalue weighted by atomic mass is 10.2. The zero-order chi connectivity index (χ0) is 14.5. The van der Waals surface area contributed by atoms with Gasteiger partial charge in [-0.15, -0.1) is 0 Å². The molecule has 0 saturated heterocycles. The van der Waals surface area contributed by atoms with Crippen LogP contribution in [0.15, 0.2) is 6.07 Å². The van der Waals surface area contributed by atoms with Gasteiger partial charge in [0.2, 0.25) is 5.95 Å². The van der Waals surface area contributed by atoms with Gasteiger partial charge in [0, 0.05) is 19.8 Å². The number of ether oxygens (including phenoxy) is 1. The summed E-state index contributed by atoms with van der Waals surface area (Å²) in [6, 6.07) is 0.390. The lowest BCUT2D eigenvalue weighted by molar-refractivity contribution is -0.141. The summed E-state index contributed by atoms with van der Waals surface area (Å²) in [4.78, 5) is 6.80. The first-order chi connectivity index (χ1) is 8.86. The molecule has 1 unspecified atom stereocenters. The number of rotatable bonds is 6. The third-order valence-electron chi connectivity index (χ3n) is 2.23. The van der Waals surface area contributed by atoms with Crippen molar-refractivity contribution in [2.24, 2.45) is 0 Å². The molecule has 1 aromatic rings. The Morgan fingerprint density at radius 2 is 2.16 bits per heavy atom. The maximum absolute atomic E-state index is 12.5. The Bertz CT molecular complexity index is 408. The number of aliphatic hydroxyl groups is 1. The fraction of sp³-hybridized carbons (Fsp3) is 0.600. The second-order valence-corrected chi connectivity index (χ2v) is 3.80. The molecule has 1 heterocycles. The fourth-order valence-electron chi connectivity index (χ4n) is 1.45. The molecule has 1 atom stereocenters. The number of hydrogen-bond acceptors (Lipinski definition) is 6. The highest BCUT2D eigenvalue weighted by atomic mass is 19.4. The minimum atomic E-state index is -4.60. The molecular formula is C10H15F3N4O2. The maximum Gasteiger partial charge on any atom is 0.433 e. The van der Waals surface area contributed by atoms with Crippen molar-refractivity contribution >= 4 is 11.8 Å². The molecule has 19 heavy (non-hydrogen) atoms. The summed E-state index contributed by atoms with van der Waals surface area (Å²) in [5.41, 5.74) is 4.11. The van der Waals surface area contributed by atoms with E-state index in [0.29, 0.717) is 6.42 Å². The van der Waals surface area contributed by atoms with Gasteiger partial charge in [0.1, 0.15) is 5.82 Å². The number of nitrogens with two attached hydrogens (primary N) is 1. The topological polar surface area (TPSA) is 93.3 Å². The Morgan fingerprint density at radius 1 is 1.47 bits per heavy atom. The number of anilines is 2. The van der Waals surface area contributed by atoms with Crippen molar-refractivity contribution in [2.45, 2.75) is 18.6 Å². The van der Waals surface area contributed by atoms with Gasteiger partial charge in [0.25, 0.3) is 0 Å². The van der Waals surface area contributed by atoms with Gasteiger partial charge in [-0.05, 0) is 6.42 Å². The fourth-order valence-corrected chi connectivity index (χ4v) is 1.45. The number of hydrogen-bond donors (Lipinski definition) is 3. The number of alkyl halides is 3. The van der Waals surface area contributed by atoms with Crippen LogP contribution in [0.5, 0.6) is 0 Å². The highest BCUT2D eigenvalue weighted by Crippen LogP contribution is 2.29. The first-order valence-corrected chi connectivity index (χ1v) is 5.45. The van der Waals surface area contributed by atoms with E-state index in [9.17, 15) is 13.2 Å². The number of methoxy groups -OCH3 is 1. The quantitative estimate of drug-likeness (QED) is 0.716. The highest BCUT2D eigenvalue weighted by Gasteiger charge is 2.33. The predicted molar refractivity (Wildman–Crippen MR) is 62.4 cm³/mol. The number of aromatic nitrogens is 2. The van der Waals surface area contributed by atoms with Crippen LogP contribution in [-0.4, -0.2) is 41.4 Å². The molecule has 0 aliphatic rings. The SMILES string of the molecule is COCC(CCO)Nc1cc(C(F)(F)F)nc(N)n1. The van der Waals surface area contributed by atoms with Gasteiger partial charge in [0.05, 0.1) is 12.6 Å². The minimum absolute atomic E-state index is 0.0599. The van der Waals surface area contributed by atoms with Gasteiger partial charge < -0.3 is 20.9 Å². The minimum Gasteiger partial charge on any atom is -0.396 e. The molecule has 0 saturated carbocycles. The predicted octanol–water partition coefficient (Wildman–Crippen LogP) is 0.887. The second kappa shape index (κ2) is 6.53. The Morgan fingerprint density at radius 3 is 2.68 bits per heavy atom. The van der Waals surface area contributed by atoms with Crippen LogP contribution in [0.1, 0.15) is 12.1 Å². The molecule has 4 N–H and O–H groups in total. The van der Waals surface area contributed by atoms with Crippen LogP contribution in [-0.2, 0) is 10.9 Å². The largest absolute Gasteiger partial charge is 0.433 e. The van der Waals surface area contributed by atoms with Crippen LogP contribution in [0.25, 0.3) is 0 Å². The van der Waals surface area contributed by atoms with Crippen LogP contribution >= 0.6 is 0 Å². The van der Waals surface area contributed by atoms with Crippen LogP contribution in [0.2, 0.25) is 0 Å². The van der Waals surface area contributed by atoms with Gasteiger partial charge in [-0.3, -0.25) is 0 Å². The normalized spacial score (nSPS) is 13.3. The summed E-state index contributed by atoms with van der Waals surface area (Å²) in [5.74, 6) is -0.534.